The first-order valence-electron chi connectivity index (χ1n) is 5.03. The molecule has 0 amide bonds. The van der Waals surface area contributed by atoms with Crippen LogP contribution in [-0.2, 0) is 0 Å². The molecule has 1 aliphatic rings. The van der Waals surface area contributed by atoms with Gasteiger partial charge in [-0.3, -0.25) is 0 Å². The van der Waals surface area contributed by atoms with Gasteiger partial charge < -0.3 is 5.73 Å². The molecule has 1 fully saturated rings. The Hall–Kier alpha value is -0.340. The van der Waals surface area contributed by atoms with Crippen LogP contribution in [0.3, 0.4) is 0 Å². The van der Waals surface area contributed by atoms with Gasteiger partial charge in [0.1, 0.15) is 0 Å². The molecule has 0 aliphatic heterocycles. The Morgan fingerprint density at radius 1 is 1.62 bits per heavy atom. The van der Waals surface area contributed by atoms with Crippen LogP contribution < -0.4 is 5.73 Å². The molecule has 1 nitrogen and oxygen atoms in total. The lowest BCUT2D eigenvalue weighted by Crippen LogP contribution is -2.45. The lowest BCUT2D eigenvalue weighted by molar-refractivity contribution is 0.199. The van der Waals surface area contributed by atoms with E-state index >= 15 is 0 Å². The van der Waals surface area contributed by atoms with E-state index in [-0.39, 0.29) is 0 Å². The van der Waals surface area contributed by atoms with Gasteiger partial charge in [-0.05, 0) is 42.2 Å². The van der Waals surface area contributed by atoms with Crippen LogP contribution >= 0.6 is 11.3 Å². The van der Waals surface area contributed by atoms with E-state index in [2.05, 4.69) is 25.3 Å². The van der Waals surface area contributed by atoms with Crippen LogP contribution in [0.25, 0.3) is 0 Å². The summed E-state index contributed by atoms with van der Waals surface area (Å²) in [5.41, 5.74) is 7.50. The van der Waals surface area contributed by atoms with Gasteiger partial charge in [0.05, 0.1) is 0 Å². The molecule has 0 spiro atoms. The van der Waals surface area contributed by atoms with Gasteiger partial charge in [0.25, 0.3) is 0 Å². The van der Waals surface area contributed by atoms with Crippen molar-refractivity contribution in [1.29, 1.82) is 0 Å². The zero-order valence-corrected chi connectivity index (χ0v) is 9.10. The summed E-state index contributed by atoms with van der Waals surface area (Å²) in [5, 5.41) is 2.30. The van der Waals surface area contributed by atoms with Gasteiger partial charge in [-0.15, -0.1) is 11.3 Å². The Labute approximate surface area is 84.0 Å². The first kappa shape index (κ1) is 9.22. The van der Waals surface area contributed by atoms with Gasteiger partial charge >= 0.3 is 0 Å². The Bertz CT molecular complexity index is 292. The third-order valence-corrected chi connectivity index (χ3v) is 4.12. The highest BCUT2D eigenvalue weighted by Crippen LogP contribution is 2.44. The molecule has 2 rings (SSSR count). The van der Waals surface area contributed by atoms with Gasteiger partial charge in [0.15, 0.2) is 0 Å². The predicted molar refractivity (Wildman–Crippen MR) is 58.2 cm³/mol. The summed E-state index contributed by atoms with van der Waals surface area (Å²) in [7, 11) is 0. The molecule has 0 radical (unpaired) electrons. The molecule has 1 aliphatic carbocycles. The minimum Gasteiger partial charge on any atom is -0.327 e. The molecule has 72 valence electrons. The summed E-state index contributed by atoms with van der Waals surface area (Å²) in [6.45, 7) is 4.42. The summed E-state index contributed by atoms with van der Waals surface area (Å²) in [5.74, 6) is 1.49. The van der Waals surface area contributed by atoms with Crippen LogP contribution in [0.2, 0.25) is 0 Å². The van der Waals surface area contributed by atoms with Crippen molar-refractivity contribution in [2.24, 2.45) is 11.7 Å². The molecular formula is C11H17NS. The molecular weight excluding hydrogens is 178 g/mol. The third kappa shape index (κ3) is 1.53. The van der Waals surface area contributed by atoms with Crippen LogP contribution in [0, 0.1) is 12.8 Å². The summed E-state index contributed by atoms with van der Waals surface area (Å²) in [4.78, 5) is 1.42. The van der Waals surface area contributed by atoms with Crippen molar-refractivity contribution in [1.82, 2.24) is 0 Å². The van der Waals surface area contributed by atoms with Crippen molar-refractivity contribution in [2.45, 2.75) is 38.6 Å². The number of aryl methyl sites for hydroxylation is 1. The maximum atomic E-state index is 5.97. The molecule has 2 heteroatoms. The minimum atomic E-state index is 0.454. The summed E-state index contributed by atoms with van der Waals surface area (Å²) >= 11 is 1.85. The van der Waals surface area contributed by atoms with E-state index < -0.39 is 0 Å². The van der Waals surface area contributed by atoms with Crippen molar-refractivity contribution < 1.29 is 0 Å². The Morgan fingerprint density at radius 3 is 2.85 bits per heavy atom. The average molecular weight is 195 g/mol. The van der Waals surface area contributed by atoms with E-state index in [1.54, 1.807) is 0 Å². The predicted octanol–water partition coefficient (Wildman–Crippen LogP) is 2.90. The third-order valence-electron chi connectivity index (χ3n) is 3.24. The van der Waals surface area contributed by atoms with Crippen molar-refractivity contribution in [3.05, 3.63) is 21.9 Å². The standard InChI is InChI=1S/C11H17NS/c1-3-9-10(5-11(9)12)8-4-7(2)13-6-8/h4,6,9-11H,3,5,12H2,1-2H3. The van der Waals surface area contributed by atoms with Gasteiger partial charge in [0, 0.05) is 10.9 Å². The maximum absolute atomic E-state index is 5.97. The molecule has 0 saturated heterocycles. The Balaban J connectivity index is 2.11. The second-order valence-electron chi connectivity index (χ2n) is 4.07. The summed E-state index contributed by atoms with van der Waals surface area (Å²) in [6.07, 6.45) is 2.41. The zero-order chi connectivity index (χ0) is 9.42. The van der Waals surface area contributed by atoms with Crippen molar-refractivity contribution in [3.8, 4) is 0 Å². The summed E-state index contributed by atoms with van der Waals surface area (Å²) < 4.78 is 0. The van der Waals surface area contributed by atoms with Crippen molar-refractivity contribution >= 4 is 11.3 Å². The first-order valence-corrected chi connectivity index (χ1v) is 5.91. The SMILES string of the molecule is CCC1C(N)CC1c1csc(C)c1. The molecule has 3 unspecified atom stereocenters. The number of hydrogen-bond acceptors (Lipinski definition) is 2. The van der Waals surface area contributed by atoms with Gasteiger partial charge in [-0.2, -0.15) is 0 Å². The quantitative estimate of drug-likeness (QED) is 0.771. The van der Waals surface area contributed by atoms with Crippen LogP contribution in [0.5, 0.6) is 0 Å². The Kier molecular flexibility index (Phi) is 2.43. The van der Waals surface area contributed by atoms with Crippen molar-refractivity contribution in [2.75, 3.05) is 0 Å². The zero-order valence-electron chi connectivity index (χ0n) is 8.29. The molecule has 1 aromatic heterocycles. The van der Waals surface area contributed by atoms with E-state index in [1.807, 2.05) is 11.3 Å². The largest absolute Gasteiger partial charge is 0.327 e. The van der Waals surface area contributed by atoms with Crippen LogP contribution in [0.4, 0.5) is 0 Å². The first-order chi connectivity index (χ1) is 6.22. The summed E-state index contributed by atoms with van der Waals surface area (Å²) in [6, 6.07) is 2.78. The highest BCUT2D eigenvalue weighted by molar-refractivity contribution is 7.10. The number of thiophene rings is 1. The molecule has 3 atom stereocenters. The molecule has 0 aromatic carbocycles. The highest BCUT2D eigenvalue weighted by Gasteiger charge is 2.38. The molecule has 0 bridgehead atoms. The fourth-order valence-corrected chi connectivity index (χ4v) is 3.14. The lowest BCUT2D eigenvalue weighted by Gasteiger charge is -2.42. The smallest absolute Gasteiger partial charge is 0.00788 e. The molecule has 1 saturated carbocycles. The van der Waals surface area contributed by atoms with E-state index in [1.165, 1.54) is 23.3 Å². The molecule has 1 aromatic rings. The molecule has 1 heterocycles. The Morgan fingerprint density at radius 2 is 2.38 bits per heavy atom. The maximum Gasteiger partial charge on any atom is 0.00788 e. The van der Waals surface area contributed by atoms with Crippen LogP contribution in [0.1, 0.15) is 36.1 Å². The van der Waals surface area contributed by atoms with Gasteiger partial charge in [-0.1, -0.05) is 13.3 Å². The topological polar surface area (TPSA) is 26.0 Å². The number of nitrogens with two attached hydrogens (primary N) is 1. The average Bonchev–Trinajstić information content (AvgIpc) is 2.48. The fourth-order valence-electron chi connectivity index (χ4n) is 2.37. The van der Waals surface area contributed by atoms with E-state index in [9.17, 15) is 0 Å². The van der Waals surface area contributed by atoms with E-state index in [0.29, 0.717) is 6.04 Å². The highest BCUT2D eigenvalue weighted by atomic mass is 32.1. The molecule has 2 N–H and O–H groups in total. The fraction of sp³-hybridized carbons (Fsp3) is 0.636. The second-order valence-corrected chi connectivity index (χ2v) is 5.18. The minimum absolute atomic E-state index is 0.454. The van der Waals surface area contributed by atoms with Gasteiger partial charge in [0.2, 0.25) is 0 Å². The molecule has 13 heavy (non-hydrogen) atoms. The number of hydrogen-bond donors (Lipinski definition) is 1. The monoisotopic (exact) mass is 195 g/mol. The normalized spacial score (nSPS) is 33.0. The second kappa shape index (κ2) is 3.43. The lowest BCUT2D eigenvalue weighted by atomic mass is 9.66. The van der Waals surface area contributed by atoms with Crippen molar-refractivity contribution in [3.63, 3.8) is 0 Å². The van der Waals surface area contributed by atoms with Crippen LogP contribution in [0.15, 0.2) is 11.4 Å². The van der Waals surface area contributed by atoms with E-state index in [4.69, 9.17) is 5.73 Å². The van der Waals surface area contributed by atoms with Gasteiger partial charge in [-0.25, -0.2) is 0 Å². The number of rotatable bonds is 2. The van der Waals surface area contributed by atoms with Crippen LogP contribution in [-0.4, -0.2) is 6.04 Å². The van der Waals surface area contributed by atoms with E-state index in [0.717, 1.165) is 11.8 Å².